The summed E-state index contributed by atoms with van der Waals surface area (Å²) < 4.78 is 0. The molecule has 0 atom stereocenters. The number of rotatable bonds is 0. The molecule has 0 aliphatic heterocycles. The molecule has 0 saturated heterocycles. The van der Waals surface area contributed by atoms with Crippen LogP contribution in [0.15, 0.2) is 41.3 Å². The topological polar surface area (TPSA) is 0 Å². The molecule has 0 spiro atoms. The Labute approximate surface area is 78.2 Å². The first-order chi connectivity index (χ1) is 5.79. The maximum absolute atomic E-state index is 2.16. The molecule has 0 unspecified atom stereocenters. The van der Waals surface area contributed by atoms with Crippen molar-refractivity contribution in [2.45, 2.75) is 20.3 Å². The van der Waals surface area contributed by atoms with E-state index in [0.717, 1.165) is 0 Å². The lowest BCUT2D eigenvalue weighted by Gasteiger charge is -1.78. The minimum Gasteiger partial charge on any atom is -0.149 e. The van der Waals surface area contributed by atoms with E-state index in [9.17, 15) is 0 Å². The summed E-state index contributed by atoms with van der Waals surface area (Å²) in [4.78, 5) is 1.38. The van der Waals surface area contributed by atoms with E-state index >= 15 is 0 Å². The Bertz CT molecular complexity index is 265. The minimum atomic E-state index is 1.17. The zero-order chi connectivity index (χ0) is 8.81. The van der Waals surface area contributed by atoms with E-state index in [0.29, 0.717) is 0 Å². The largest absolute Gasteiger partial charge is 0.149 e. The highest BCUT2D eigenvalue weighted by atomic mass is 32.1. The van der Waals surface area contributed by atoms with Crippen LogP contribution in [-0.2, 0) is 0 Å². The number of hydrogen-bond donors (Lipinski definition) is 0. The Morgan fingerprint density at radius 2 is 2.17 bits per heavy atom. The Morgan fingerprint density at radius 3 is 2.33 bits per heavy atom. The van der Waals surface area contributed by atoms with Crippen LogP contribution in [0.3, 0.4) is 0 Å². The standard InChI is InChI=1S/C6H8.C5H6S/c1-6-4-2-3-5-6;1-5-3-2-4-6-5/h2-4H,5H2,1H3;2-4H,1H3. The molecule has 12 heavy (non-hydrogen) atoms. The quantitative estimate of drug-likeness (QED) is 0.564. The van der Waals surface area contributed by atoms with Crippen LogP contribution in [0.5, 0.6) is 0 Å². The summed E-state index contributed by atoms with van der Waals surface area (Å²) in [5.41, 5.74) is 1.47. The van der Waals surface area contributed by atoms with Crippen molar-refractivity contribution in [1.82, 2.24) is 0 Å². The van der Waals surface area contributed by atoms with Gasteiger partial charge in [0.2, 0.25) is 0 Å². The van der Waals surface area contributed by atoms with Crippen LogP contribution in [0, 0.1) is 6.92 Å². The Balaban J connectivity index is 0.000000120. The summed E-state index contributed by atoms with van der Waals surface area (Å²) in [5.74, 6) is 0. The maximum Gasteiger partial charge on any atom is 0.00141 e. The summed E-state index contributed by atoms with van der Waals surface area (Å²) in [7, 11) is 0. The molecule has 0 aromatic carbocycles. The predicted octanol–water partition coefficient (Wildman–Crippen LogP) is 3.95. The summed E-state index contributed by atoms with van der Waals surface area (Å²) in [6.45, 7) is 4.24. The highest BCUT2D eigenvalue weighted by molar-refractivity contribution is 7.09. The molecule has 0 bridgehead atoms. The Kier molecular flexibility index (Phi) is 3.81. The molecule has 1 heteroatoms. The van der Waals surface area contributed by atoms with Gasteiger partial charge in [0.25, 0.3) is 0 Å². The molecule has 1 aromatic heterocycles. The van der Waals surface area contributed by atoms with E-state index in [2.05, 4.69) is 49.6 Å². The first kappa shape index (κ1) is 9.27. The smallest absolute Gasteiger partial charge is 0.00141 e. The summed E-state index contributed by atoms with van der Waals surface area (Å²) in [6.07, 6.45) is 7.56. The molecule has 64 valence electrons. The number of aryl methyl sites for hydroxylation is 1. The van der Waals surface area contributed by atoms with E-state index in [4.69, 9.17) is 0 Å². The van der Waals surface area contributed by atoms with Crippen molar-refractivity contribution in [2.24, 2.45) is 0 Å². The van der Waals surface area contributed by atoms with E-state index in [1.807, 2.05) is 0 Å². The molecule has 0 saturated carbocycles. The zero-order valence-electron chi connectivity index (χ0n) is 7.58. The van der Waals surface area contributed by atoms with Crippen LogP contribution in [0.1, 0.15) is 18.2 Å². The van der Waals surface area contributed by atoms with Crippen molar-refractivity contribution in [2.75, 3.05) is 0 Å². The van der Waals surface area contributed by atoms with Gasteiger partial charge in [-0.05, 0) is 31.7 Å². The monoisotopic (exact) mass is 178 g/mol. The molecule has 0 amide bonds. The SMILES string of the molecule is CC1=CC=CC1.Cc1cccs1. The van der Waals surface area contributed by atoms with Crippen molar-refractivity contribution in [3.05, 3.63) is 46.2 Å². The third-order valence-electron chi connectivity index (χ3n) is 1.62. The average molecular weight is 178 g/mol. The van der Waals surface area contributed by atoms with Crippen LogP contribution in [-0.4, -0.2) is 0 Å². The van der Waals surface area contributed by atoms with E-state index in [1.54, 1.807) is 11.3 Å². The van der Waals surface area contributed by atoms with Crippen molar-refractivity contribution < 1.29 is 0 Å². The van der Waals surface area contributed by atoms with Crippen molar-refractivity contribution in [3.8, 4) is 0 Å². The van der Waals surface area contributed by atoms with Crippen LogP contribution < -0.4 is 0 Å². The third kappa shape index (κ3) is 3.54. The van der Waals surface area contributed by atoms with Crippen molar-refractivity contribution in [1.29, 1.82) is 0 Å². The van der Waals surface area contributed by atoms with E-state index in [-0.39, 0.29) is 0 Å². The highest BCUT2D eigenvalue weighted by Gasteiger charge is 1.86. The van der Waals surface area contributed by atoms with Crippen molar-refractivity contribution in [3.63, 3.8) is 0 Å². The molecule has 0 N–H and O–H groups in total. The average Bonchev–Trinajstić information content (AvgIpc) is 2.63. The minimum absolute atomic E-state index is 1.17. The third-order valence-corrected chi connectivity index (χ3v) is 2.42. The molecule has 1 aliphatic rings. The van der Waals surface area contributed by atoms with Gasteiger partial charge in [0.05, 0.1) is 0 Å². The van der Waals surface area contributed by atoms with Crippen LogP contribution in [0.2, 0.25) is 0 Å². The van der Waals surface area contributed by atoms with Gasteiger partial charge in [-0.3, -0.25) is 0 Å². The van der Waals surface area contributed by atoms with E-state index < -0.39 is 0 Å². The first-order valence-electron chi connectivity index (χ1n) is 4.11. The first-order valence-corrected chi connectivity index (χ1v) is 4.99. The fourth-order valence-corrected chi connectivity index (χ4v) is 1.44. The van der Waals surface area contributed by atoms with E-state index in [1.165, 1.54) is 16.9 Å². The molecule has 1 aromatic rings. The van der Waals surface area contributed by atoms with Crippen LogP contribution in [0.4, 0.5) is 0 Å². The molecule has 1 aliphatic carbocycles. The maximum atomic E-state index is 2.16. The molecule has 2 rings (SSSR count). The second kappa shape index (κ2) is 4.94. The lowest BCUT2D eigenvalue weighted by atomic mass is 10.3. The predicted molar refractivity (Wildman–Crippen MR) is 56.6 cm³/mol. The lowest BCUT2D eigenvalue weighted by Crippen LogP contribution is -1.58. The highest BCUT2D eigenvalue weighted by Crippen LogP contribution is 2.06. The summed E-state index contributed by atoms with van der Waals surface area (Å²) in [5, 5.41) is 2.08. The number of allylic oxidation sites excluding steroid dienone is 4. The molecule has 0 radical (unpaired) electrons. The van der Waals surface area contributed by atoms with Crippen molar-refractivity contribution >= 4 is 11.3 Å². The molecular formula is C11H14S. The van der Waals surface area contributed by atoms with Gasteiger partial charge in [0.15, 0.2) is 0 Å². The van der Waals surface area contributed by atoms with Crippen LogP contribution >= 0.6 is 11.3 Å². The molecule has 0 fully saturated rings. The van der Waals surface area contributed by atoms with Gasteiger partial charge in [0, 0.05) is 4.88 Å². The zero-order valence-corrected chi connectivity index (χ0v) is 8.40. The van der Waals surface area contributed by atoms with Gasteiger partial charge in [-0.1, -0.05) is 29.9 Å². The molecule has 0 nitrogen and oxygen atoms in total. The van der Waals surface area contributed by atoms with Gasteiger partial charge >= 0.3 is 0 Å². The normalized spacial score (nSPS) is 13.7. The summed E-state index contributed by atoms with van der Waals surface area (Å²) in [6, 6.07) is 4.16. The molecule has 1 heterocycles. The fourth-order valence-electron chi connectivity index (χ4n) is 0.915. The van der Waals surface area contributed by atoms with Gasteiger partial charge in [-0.15, -0.1) is 11.3 Å². The second-order valence-corrected chi connectivity index (χ2v) is 4.02. The fraction of sp³-hybridized carbons (Fsp3) is 0.273. The van der Waals surface area contributed by atoms with Gasteiger partial charge < -0.3 is 0 Å². The number of hydrogen-bond acceptors (Lipinski definition) is 1. The Morgan fingerprint density at radius 1 is 1.33 bits per heavy atom. The number of thiophene rings is 1. The summed E-state index contributed by atoms with van der Waals surface area (Å²) >= 11 is 1.78. The van der Waals surface area contributed by atoms with Gasteiger partial charge in [-0.2, -0.15) is 0 Å². The second-order valence-electron chi connectivity index (χ2n) is 2.87. The van der Waals surface area contributed by atoms with Gasteiger partial charge in [-0.25, -0.2) is 0 Å². The lowest BCUT2D eigenvalue weighted by molar-refractivity contribution is 1.25. The van der Waals surface area contributed by atoms with Gasteiger partial charge in [0.1, 0.15) is 0 Å². The molecular weight excluding hydrogens is 164 g/mol. The Hall–Kier alpha value is -0.820. The van der Waals surface area contributed by atoms with Crippen LogP contribution in [0.25, 0.3) is 0 Å².